The van der Waals surface area contributed by atoms with E-state index in [0.29, 0.717) is 28.0 Å². The highest BCUT2D eigenvalue weighted by atomic mass is 35.5. The minimum absolute atomic E-state index is 0.0194. The lowest BCUT2D eigenvalue weighted by molar-refractivity contribution is 0.0954. The van der Waals surface area contributed by atoms with Crippen molar-refractivity contribution in [3.8, 4) is 11.1 Å². The Hall–Kier alpha value is -2.57. The summed E-state index contributed by atoms with van der Waals surface area (Å²) in [6, 6.07) is 9.06. The van der Waals surface area contributed by atoms with Crippen molar-refractivity contribution in [2.75, 3.05) is 23.3 Å². The number of rotatable bonds is 4. The summed E-state index contributed by atoms with van der Waals surface area (Å²) in [5, 5.41) is 8.56. The third-order valence-corrected chi connectivity index (χ3v) is 5.49. The Morgan fingerprint density at radius 1 is 1.21 bits per heavy atom. The van der Waals surface area contributed by atoms with Crippen molar-refractivity contribution >= 4 is 40.6 Å². The van der Waals surface area contributed by atoms with Crippen molar-refractivity contribution in [2.24, 2.45) is 0 Å². The quantitative estimate of drug-likeness (QED) is 0.657. The zero-order valence-corrected chi connectivity index (χ0v) is 17.0. The van der Waals surface area contributed by atoms with Gasteiger partial charge in [-0.05, 0) is 49.7 Å². The second kappa shape index (κ2) is 7.45. The first kappa shape index (κ1) is 18.8. The molecule has 8 heteroatoms. The van der Waals surface area contributed by atoms with Gasteiger partial charge >= 0.3 is 0 Å². The van der Waals surface area contributed by atoms with Crippen LogP contribution in [0.3, 0.4) is 0 Å². The molecule has 1 atom stereocenters. The van der Waals surface area contributed by atoms with Gasteiger partial charge in [-0.15, -0.1) is 0 Å². The Balaban J connectivity index is 1.78. The number of anilines is 2. The van der Waals surface area contributed by atoms with Crippen LogP contribution in [0.2, 0.25) is 10.0 Å². The molecule has 2 aromatic heterocycles. The normalized spacial score (nSPS) is 16.2. The standard InChI is InChI=1S/C20H19Cl2N5O/c1-3-23-18-8-13(6-7-24-18)15-10-25-27-12(2)11-26(20(28)19(15)27)14-4-5-16(21)17(22)9-14/h4-10,12H,3,11H2,1-2H3,(H,23,24)/t12-/m0/s1. The highest BCUT2D eigenvalue weighted by Gasteiger charge is 2.34. The van der Waals surface area contributed by atoms with Gasteiger partial charge in [-0.2, -0.15) is 5.10 Å². The number of hydrogen-bond acceptors (Lipinski definition) is 4. The van der Waals surface area contributed by atoms with Crippen LogP contribution < -0.4 is 10.2 Å². The summed E-state index contributed by atoms with van der Waals surface area (Å²) < 4.78 is 1.79. The topological polar surface area (TPSA) is 63.1 Å². The number of carbonyl (C=O) groups is 1. The zero-order chi connectivity index (χ0) is 19.8. The van der Waals surface area contributed by atoms with Crippen LogP contribution >= 0.6 is 23.2 Å². The largest absolute Gasteiger partial charge is 0.370 e. The van der Waals surface area contributed by atoms with E-state index >= 15 is 0 Å². The van der Waals surface area contributed by atoms with E-state index in [1.807, 2.05) is 26.0 Å². The fourth-order valence-corrected chi connectivity index (χ4v) is 3.72. The van der Waals surface area contributed by atoms with Crippen LogP contribution in [0.1, 0.15) is 30.4 Å². The average molecular weight is 416 g/mol. The van der Waals surface area contributed by atoms with Crippen molar-refractivity contribution in [3.63, 3.8) is 0 Å². The maximum absolute atomic E-state index is 13.4. The molecule has 1 amide bonds. The summed E-state index contributed by atoms with van der Waals surface area (Å²) in [6.07, 6.45) is 3.47. The minimum Gasteiger partial charge on any atom is -0.370 e. The lowest BCUT2D eigenvalue weighted by atomic mass is 10.0. The monoisotopic (exact) mass is 415 g/mol. The molecule has 1 aromatic carbocycles. The summed E-state index contributed by atoms with van der Waals surface area (Å²) in [6.45, 7) is 5.32. The summed E-state index contributed by atoms with van der Waals surface area (Å²) in [4.78, 5) is 19.4. The number of aromatic nitrogens is 3. The predicted molar refractivity (Wildman–Crippen MR) is 112 cm³/mol. The molecule has 1 N–H and O–H groups in total. The number of nitrogens with one attached hydrogen (secondary N) is 1. The number of pyridine rings is 1. The first-order valence-corrected chi connectivity index (χ1v) is 9.80. The number of halogens is 2. The lowest BCUT2D eigenvalue weighted by Gasteiger charge is -2.32. The maximum Gasteiger partial charge on any atom is 0.277 e. The molecule has 6 nitrogen and oxygen atoms in total. The molecule has 0 unspecified atom stereocenters. The Morgan fingerprint density at radius 3 is 2.79 bits per heavy atom. The summed E-state index contributed by atoms with van der Waals surface area (Å²) in [5.74, 6) is 0.642. The van der Waals surface area contributed by atoms with Crippen molar-refractivity contribution in [1.82, 2.24) is 14.8 Å². The van der Waals surface area contributed by atoms with Gasteiger partial charge in [-0.25, -0.2) is 4.98 Å². The van der Waals surface area contributed by atoms with E-state index in [4.69, 9.17) is 23.2 Å². The minimum atomic E-state index is -0.120. The van der Waals surface area contributed by atoms with Crippen molar-refractivity contribution in [1.29, 1.82) is 0 Å². The molecule has 0 radical (unpaired) electrons. The molecular weight excluding hydrogens is 397 g/mol. The number of amides is 1. The van der Waals surface area contributed by atoms with E-state index in [1.54, 1.807) is 40.2 Å². The van der Waals surface area contributed by atoms with Gasteiger partial charge in [-0.1, -0.05) is 23.2 Å². The van der Waals surface area contributed by atoms with Gasteiger partial charge < -0.3 is 10.2 Å². The summed E-state index contributed by atoms with van der Waals surface area (Å²) in [5.41, 5.74) is 2.94. The second-order valence-corrected chi connectivity index (χ2v) is 7.49. The fraction of sp³-hybridized carbons (Fsp3) is 0.250. The maximum atomic E-state index is 13.4. The van der Waals surface area contributed by atoms with Gasteiger partial charge in [0.1, 0.15) is 11.5 Å². The fourth-order valence-electron chi connectivity index (χ4n) is 3.42. The van der Waals surface area contributed by atoms with Gasteiger partial charge in [-0.3, -0.25) is 9.48 Å². The van der Waals surface area contributed by atoms with E-state index in [2.05, 4.69) is 15.4 Å². The third-order valence-electron chi connectivity index (χ3n) is 4.75. The molecule has 144 valence electrons. The molecule has 3 heterocycles. The molecule has 0 bridgehead atoms. The second-order valence-electron chi connectivity index (χ2n) is 6.67. The van der Waals surface area contributed by atoms with Crippen LogP contribution in [0, 0.1) is 0 Å². The number of benzene rings is 1. The van der Waals surface area contributed by atoms with Gasteiger partial charge in [0.25, 0.3) is 5.91 Å². The summed E-state index contributed by atoms with van der Waals surface area (Å²) >= 11 is 12.2. The molecule has 3 aromatic rings. The first-order chi connectivity index (χ1) is 13.5. The Labute approximate surface area is 173 Å². The number of nitrogens with zero attached hydrogens (tertiary/aromatic N) is 4. The number of hydrogen-bond donors (Lipinski definition) is 1. The third kappa shape index (κ3) is 3.23. The Morgan fingerprint density at radius 2 is 2.04 bits per heavy atom. The molecule has 1 aliphatic heterocycles. The van der Waals surface area contributed by atoms with Crippen LogP contribution in [0.25, 0.3) is 11.1 Å². The first-order valence-electron chi connectivity index (χ1n) is 9.04. The van der Waals surface area contributed by atoms with Crippen LogP contribution in [-0.2, 0) is 0 Å². The van der Waals surface area contributed by atoms with Gasteiger partial charge in [0.05, 0.1) is 22.3 Å². The molecule has 0 fully saturated rings. The van der Waals surface area contributed by atoms with Crippen molar-refractivity contribution in [2.45, 2.75) is 19.9 Å². The van der Waals surface area contributed by atoms with E-state index in [-0.39, 0.29) is 11.9 Å². The van der Waals surface area contributed by atoms with Crippen molar-refractivity contribution < 1.29 is 4.79 Å². The molecule has 0 saturated heterocycles. The smallest absolute Gasteiger partial charge is 0.277 e. The highest BCUT2D eigenvalue weighted by Crippen LogP contribution is 2.35. The van der Waals surface area contributed by atoms with E-state index < -0.39 is 0 Å². The Bertz CT molecular complexity index is 1050. The van der Waals surface area contributed by atoms with Crippen LogP contribution in [0.4, 0.5) is 11.5 Å². The lowest BCUT2D eigenvalue weighted by Crippen LogP contribution is -2.42. The molecule has 4 rings (SSSR count). The molecule has 1 aliphatic rings. The number of fused-ring (bicyclic) bond motifs is 1. The van der Waals surface area contributed by atoms with Crippen LogP contribution in [0.15, 0.2) is 42.7 Å². The van der Waals surface area contributed by atoms with E-state index in [0.717, 1.165) is 23.5 Å². The predicted octanol–water partition coefficient (Wildman–Crippen LogP) is 4.91. The molecule has 28 heavy (non-hydrogen) atoms. The number of carbonyl (C=O) groups excluding carboxylic acids is 1. The summed E-state index contributed by atoms with van der Waals surface area (Å²) in [7, 11) is 0. The van der Waals surface area contributed by atoms with Crippen molar-refractivity contribution in [3.05, 3.63) is 58.5 Å². The molecule has 0 spiro atoms. The molecular formula is C20H19Cl2N5O. The van der Waals surface area contributed by atoms with Gasteiger partial charge in [0, 0.05) is 30.5 Å². The molecule has 0 aliphatic carbocycles. The molecule has 0 saturated carbocycles. The highest BCUT2D eigenvalue weighted by molar-refractivity contribution is 6.42. The van der Waals surface area contributed by atoms with Crippen LogP contribution in [0.5, 0.6) is 0 Å². The van der Waals surface area contributed by atoms with Gasteiger partial charge in [0.15, 0.2) is 0 Å². The van der Waals surface area contributed by atoms with Gasteiger partial charge in [0.2, 0.25) is 0 Å². The zero-order valence-electron chi connectivity index (χ0n) is 15.5. The van der Waals surface area contributed by atoms with Crippen LogP contribution in [-0.4, -0.2) is 33.8 Å². The van der Waals surface area contributed by atoms with E-state index in [9.17, 15) is 4.79 Å². The SMILES string of the molecule is CCNc1cc(-c2cnn3c2C(=O)N(c2ccc(Cl)c(Cl)c2)C[C@@H]3C)ccn1. The average Bonchev–Trinajstić information content (AvgIpc) is 3.14. The van der Waals surface area contributed by atoms with E-state index in [1.165, 1.54) is 0 Å². The Kier molecular flexibility index (Phi) is 5.00.